The summed E-state index contributed by atoms with van der Waals surface area (Å²) in [5.41, 5.74) is 0.345. The first kappa shape index (κ1) is 9.57. The van der Waals surface area contributed by atoms with E-state index in [1.54, 1.807) is 25.1 Å². The number of aromatic nitrogens is 2. The van der Waals surface area contributed by atoms with Gasteiger partial charge in [0, 0.05) is 3.57 Å². The summed E-state index contributed by atoms with van der Waals surface area (Å²) < 4.78 is 19.0. The molecule has 0 atom stereocenters. The first-order valence-electron chi connectivity index (χ1n) is 3.93. The minimum absolute atomic E-state index is 0.221. The van der Waals surface area contributed by atoms with Crippen LogP contribution in [0.3, 0.4) is 0 Å². The maximum atomic E-state index is 13.6. The molecule has 0 saturated heterocycles. The van der Waals surface area contributed by atoms with Gasteiger partial charge in [0.25, 0.3) is 5.89 Å². The molecule has 0 aliphatic carbocycles. The number of nitrogens with zero attached hydrogens (tertiary/aromatic N) is 2. The molecule has 72 valence electrons. The molecule has 14 heavy (non-hydrogen) atoms. The SMILES string of the molecule is Cc1noc(-c2cccc(I)c2F)n1. The van der Waals surface area contributed by atoms with Crippen molar-refractivity contribution in [3.8, 4) is 11.5 Å². The van der Waals surface area contributed by atoms with Crippen molar-refractivity contribution in [1.82, 2.24) is 10.1 Å². The molecule has 0 fully saturated rings. The molecule has 0 saturated carbocycles. The molecule has 0 aliphatic heterocycles. The van der Waals surface area contributed by atoms with Gasteiger partial charge in [0.15, 0.2) is 5.82 Å². The highest BCUT2D eigenvalue weighted by molar-refractivity contribution is 14.1. The minimum atomic E-state index is -0.322. The van der Waals surface area contributed by atoms with Crippen molar-refractivity contribution in [2.24, 2.45) is 0 Å². The molecule has 5 heteroatoms. The van der Waals surface area contributed by atoms with Crippen LogP contribution in [0.25, 0.3) is 11.5 Å². The van der Waals surface area contributed by atoms with Gasteiger partial charge in [-0.05, 0) is 41.6 Å². The molecule has 1 heterocycles. The highest BCUT2D eigenvalue weighted by Crippen LogP contribution is 2.24. The number of hydrogen-bond acceptors (Lipinski definition) is 3. The monoisotopic (exact) mass is 304 g/mol. The maximum absolute atomic E-state index is 13.6. The maximum Gasteiger partial charge on any atom is 0.260 e. The third kappa shape index (κ3) is 1.63. The molecule has 0 spiro atoms. The second kappa shape index (κ2) is 3.64. The Balaban J connectivity index is 2.57. The normalized spacial score (nSPS) is 10.5. The van der Waals surface area contributed by atoms with E-state index in [9.17, 15) is 4.39 Å². The predicted octanol–water partition coefficient (Wildman–Crippen LogP) is 2.79. The zero-order valence-corrected chi connectivity index (χ0v) is 9.45. The molecule has 0 bridgehead atoms. The molecular weight excluding hydrogens is 298 g/mol. The Labute approximate surface area is 93.5 Å². The molecule has 2 aromatic rings. The summed E-state index contributed by atoms with van der Waals surface area (Å²) in [6.45, 7) is 1.69. The van der Waals surface area contributed by atoms with Gasteiger partial charge in [-0.2, -0.15) is 4.98 Å². The topological polar surface area (TPSA) is 38.9 Å². The van der Waals surface area contributed by atoms with Crippen LogP contribution in [0.5, 0.6) is 0 Å². The smallest absolute Gasteiger partial charge is 0.260 e. The lowest BCUT2D eigenvalue weighted by molar-refractivity contribution is 0.423. The molecule has 1 aromatic carbocycles. The van der Waals surface area contributed by atoms with E-state index in [-0.39, 0.29) is 11.7 Å². The van der Waals surface area contributed by atoms with Gasteiger partial charge in [-0.3, -0.25) is 0 Å². The van der Waals surface area contributed by atoms with Crippen molar-refractivity contribution in [2.45, 2.75) is 6.92 Å². The molecule has 3 nitrogen and oxygen atoms in total. The molecule has 0 amide bonds. The van der Waals surface area contributed by atoms with Crippen molar-refractivity contribution in [1.29, 1.82) is 0 Å². The number of benzene rings is 1. The first-order chi connectivity index (χ1) is 6.68. The van der Waals surface area contributed by atoms with Crippen LogP contribution in [0.2, 0.25) is 0 Å². The largest absolute Gasteiger partial charge is 0.334 e. The summed E-state index contributed by atoms with van der Waals surface area (Å²) in [5.74, 6) is 0.397. The highest BCUT2D eigenvalue weighted by Gasteiger charge is 2.13. The summed E-state index contributed by atoms with van der Waals surface area (Å²) in [7, 11) is 0. The van der Waals surface area contributed by atoms with Gasteiger partial charge in [0.2, 0.25) is 0 Å². The van der Waals surface area contributed by atoms with Crippen LogP contribution < -0.4 is 0 Å². The molecule has 0 radical (unpaired) electrons. The van der Waals surface area contributed by atoms with Crippen molar-refractivity contribution >= 4 is 22.6 Å². The summed E-state index contributed by atoms with van der Waals surface area (Å²) in [6.07, 6.45) is 0. The number of rotatable bonds is 1. The molecule has 2 rings (SSSR count). The van der Waals surface area contributed by atoms with Gasteiger partial charge in [0.1, 0.15) is 5.82 Å². The summed E-state index contributed by atoms with van der Waals surface area (Å²) in [5, 5.41) is 3.61. The van der Waals surface area contributed by atoms with Gasteiger partial charge >= 0.3 is 0 Å². The minimum Gasteiger partial charge on any atom is -0.334 e. The Hall–Kier alpha value is -0.980. The van der Waals surface area contributed by atoms with Crippen LogP contribution in [0.4, 0.5) is 4.39 Å². The van der Waals surface area contributed by atoms with Gasteiger partial charge in [-0.15, -0.1) is 0 Å². The molecule has 0 N–H and O–H groups in total. The summed E-state index contributed by atoms with van der Waals surface area (Å²) in [4.78, 5) is 3.96. The fourth-order valence-corrected chi connectivity index (χ4v) is 1.57. The predicted molar refractivity (Wildman–Crippen MR) is 57.1 cm³/mol. The lowest BCUT2D eigenvalue weighted by Gasteiger charge is -1.98. The van der Waals surface area contributed by atoms with E-state index < -0.39 is 0 Å². The number of hydrogen-bond donors (Lipinski definition) is 0. The van der Waals surface area contributed by atoms with Crippen molar-refractivity contribution in [2.75, 3.05) is 0 Å². The number of halogens is 2. The third-order valence-electron chi connectivity index (χ3n) is 1.71. The fourth-order valence-electron chi connectivity index (χ4n) is 1.08. The Morgan fingerprint density at radius 2 is 2.21 bits per heavy atom. The van der Waals surface area contributed by atoms with E-state index in [0.29, 0.717) is 15.0 Å². The first-order valence-corrected chi connectivity index (χ1v) is 5.01. The van der Waals surface area contributed by atoms with Crippen molar-refractivity contribution < 1.29 is 8.91 Å². The van der Waals surface area contributed by atoms with E-state index >= 15 is 0 Å². The van der Waals surface area contributed by atoms with Crippen molar-refractivity contribution in [3.05, 3.63) is 33.4 Å². The molecule has 1 aromatic heterocycles. The van der Waals surface area contributed by atoms with Crippen molar-refractivity contribution in [3.63, 3.8) is 0 Å². The Kier molecular flexibility index (Phi) is 2.49. The van der Waals surface area contributed by atoms with Gasteiger partial charge in [0.05, 0.1) is 5.56 Å². The average molecular weight is 304 g/mol. The Morgan fingerprint density at radius 1 is 1.43 bits per heavy atom. The lowest BCUT2D eigenvalue weighted by atomic mass is 10.2. The summed E-state index contributed by atoms with van der Waals surface area (Å²) >= 11 is 1.92. The van der Waals surface area contributed by atoms with E-state index in [0.717, 1.165) is 0 Å². The van der Waals surface area contributed by atoms with Crippen LogP contribution in [0.1, 0.15) is 5.82 Å². The highest BCUT2D eigenvalue weighted by atomic mass is 127. The molecular formula is C9H6FIN2O. The lowest BCUT2D eigenvalue weighted by Crippen LogP contribution is -1.87. The Bertz CT molecular complexity index is 470. The van der Waals surface area contributed by atoms with Crippen LogP contribution in [-0.2, 0) is 0 Å². The summed E-state index contributed by atoms with van der Waals surface area (Å²) in [6, 6.07) is 5.05. The average Bonchev–Trinajstić information content (AvgIpc) is 2.57. The van der Waals surface area contributed by atoms with Gasteiger partial charge in [-0.25, -0.2) is 4.39 Å². The van der Waals surface area contributed by atoms with E-state index in [1.165, 1.54) is 0 Å². The molecule has 0 aliphatic rings. The van der Waals surface area contributed by atoms with Crippen LogP contribution in [-0.4, -0.2) is 10.1 Å². The molecule has 0 unspecified atom stereocenters. The van der Waals surface area contributed by atoms with Crippen LogP contribution >= 0.6 is 22.6 Å². The standard InChI is InChI=1S/C9H6FIN2O/c1-5-12-9(14-13-5)6-3-2-4-7(11)8(6)10/h2-4H,1H3. The third-order valence-corrected chi connectivity index (χ3v) is 2.54. The van der Waals surface area contributed by atoms with E-state index in [1.807, 2.05) is 22.6 Å². The second-order valence-electron chi connectivity index (χ2n) is 2.75. The number of aryl methyl sites for hydroxylation is 1. The zero-order valence-electron chi connectivity index (χ0n) is 7.29. The van der Waals surface area contributed by atoms with Crippen LogP contribution in [0.15, 0.2) is 22.7 Å². The van der Waals surface area contributed by atoms with Gasteiger partial charge in [-0.1, -0.05) is 11.2 Å². The quantitative estimate of drug-likeness (QED) is 0.761. The van der Waals surface area contributed by atoms with E-state index in [2.05, 4.69) is 10.1 Å². The second-order valence-corrected chi connectivity index (χ2v) is 3.91. The van der Waals surface area contributed by atoms with E-state index in [4.69, 9.17) is 4.52 Å². The van der Waals surface area contributed by atoms with Crippen LogP contribution in [0, 0.1) is 16.3 Å². The Morgan fingerprint density at radius 3 is 2.86 bits per heavy atom. The zero-order chi connectivity index (χ0) is 10.1. The fraction of sp³-hybridized carbons (Fsp3) is 0.111. The van der Waals surface area contributed by atoms with Gasteiger partial charge < -0.3 is 4.52 Å².